The molecule has 0 spiro atoms. The van der Waals surface area contributed by atoms with Crippen molar-refractivity contribution in [3.05, 3.63) is 45.9 Å². The van der Waals surface area contributed by atoms with E-state index in [4.69, 9.17) is 4.74 Å². The van der Waals surface area contributed by atoms with Crippen molar-refractivity contribution in [2.75, 3.05) is 0 Å². The van der Waals surface area contributed by atoms with Gasteiger partial charge < -0.3 is 10.1 Å². The largest absolute Gasteiger partial charge is 0.491 e. The number of hydrogen-bond donors (Lipinski definition) is 1. The van der Waals surface area contributed by atoms with Gasteiger partial charge in [0.05, 0.1) is 11.1 Å². The molecule has 0 saturated carbocycles. The Morgan fingerprint density at radius 3 is 2.75 bits per heavy atom. The Hall–Kier alpha value is -1.39. The summed E-state index contributed by atoms with van der Waals surface area (Å²) in [5, 5.41) is 4.64. The maximum atomic E-state index is 5.74. The molecule has 0 aliphatic heterocycles. The van der Waals surface area contributed by atoms with Gasteiger partial charge in [-0.3, -0.25) is 0 Å². The Balaban J connectivity index is 1.96. The van der Waals surface area contributed by atoms with Crippen molar-refractivity contribution in [1.29, 1.82) is 0 Å². The maximum absolute atomic E-state index is 5.74. The van der Waals surface area contributed by atoms with Crippen molar-refractivity contribution < 1.29 is 4.74 Å². The average molecular weight is 290 g/mol. The molecular formula is C16H22N2OS. The molecule has 3 nitrogen and oxygen atoms in total. The Morgan fingerprint density at radius 2 is 2.10 bits per heavy atom. The molecule has 1 aromatic heterocycles. The smallest absolute Gasteiger partial charge is 0.120 e. The zero-order chi connectivity index (χ0) is 14.5. The van der Waals surface area contributed by atoms with Crippen molar-refractivity contribution in [3.63, 3.8) is 0 Å². The number of aromatic nitrogens is 1. The van der Waals surface area contributed by atoms with Crippen LogP contribution in [-0.4, -0.2) is 11.1 Å². The number of hydrogen-bond acceptors (Lipinski definition) is 4. The van der Waals surface area contributed by atoms with Gasteiger partial charge in [-0.2, -0.15) is 0 Å². The van der Waals surface area contributed by atoms with E-state index in [1.54, 1.807) is 11.3 Å². The highest BCUT2D eigenvalue weighted by Gasteiger charge is 2.08. The summed E-state index contributed by atoms with van der Waals surface area (Å²) >= 11 is 1.74. The van der Waals surface area contributed by atoms with Gasteiger partial charge in [-0.05, 0) is 45.4 Å². The minimum atomic E-state index is 0.202. The highest BCUT2D eigenvalue weighted by molar-refractivity contribution is 7.11. The van der Waals surface area contributed by atoms with Crippen LogP contribution >= 0.6 is 11.3 Å². The molecule has 0 amide bonds. The third-order valence-corrected chi connectivity index (χ3v) is 3.89. The first-order valence-electron chi connectivity index (χ1n) is 6.96. The molecular weight excluding hydrogens is 268 g/mol. The van der Waals surface area contributed by atoms with E-state index in [2.05, 4.69) is 29.4 Å². The van der Waals surface area contributed by atoms with E-state index in [9.17, 15) is 0 Å². The second-order valence-corrected chi connectivity index (χ2v) is 6.51. The molecule has 4 heteroatoms. The zero-order valence-corrected chi connectivity index (χ0v) is 13.3. The molecule has 1 unspecified atom stereocenters. The predicted molar refractivity (Wildman–Crippen MR) is 84.3 cm³/mol. The molecule has 2 aromatic rings. The van der Waals surface area contributed by atoms with Gasteiger partial charge in [-0.15, -0.1) is 11.3 Å². The van der Waals surface area contributed by atoms with Gasteiger partial charge in [0, 0.05) is 23.7 Å². The van der Waals surface area contributed by atoms with Gasteiger partial charge in [0.25, 0.3) is 0 Å². The summed E-state index contributed by atoms with van der Waals surface area (Å²) < 4.78 is 5.74. The molecule has 1 atom stereocenters. The fourth-order valence-corrected chi connectivity index (χ4v) is 2.73. The summed E-state index contributed by atoms with van der Waals surface area (Å²) in [4.78, 5) is 5.54. The second kappa shape index (κ2) is 6.86. The second-order valence-electron chi connectivity index (χ2n) is 5.19. The van der Waals surface area contributed by atoms with Crippen LogP contribution in [0.4, 0.5) is 0 Å². The topological polar surface area (TPSA) is 34.2 Å². The highest BCUT2D eigenvalue weighted by Crippen LogP contribution is 2.21. The summed E-state index contributed by atoms with van der Waals surface area (Å²) in [6.45, 7) is 9.13. The van der Waals surface area contributed by atoms with E-state index in [1.807, 2.05) is 39.1 Å². The Labute approximate surface area is 125 Å². The molecule has 0 bridgehead atoms. The number of benzene rings is 1. The van der Waals surface area contributed by atoms with Crippen molar-refractivity contribution in [2.24, 2.45) is 0 Å². The molecule has 2 rings (SSSR count). The lowest BCUT2D eigenvalue weighted by molar-refractivity contribution is 0.242. The predicted octanol–water partition coefficient (Wildman–Crippen LogP) is 4.09. The number of nitrogens with one attached hydrogen (secondary N) is 1. The molecule has 108 valence electrons. The minimum Gasteiger partial charge on any atom is -0.491 e. The van der Waals surface area contributed by atoms with E-state index in [0.29, 0.717) is 0 Å². The first-order chi connectivity index (χ1) is 9.54. The molecule has 1 aromatic carbocycles. The lowest BCUT2D eigenvalue weighted by Gasteiger charge is -2.16. The van der Waals surface area contributed by atoms with Crippen molar-refractivity contribution >= 4 is 11.3 Å². The highest BCUT2D eigenvalue weighted by atomic mass is 32.1. The van der Waals surface area contributed by atoms with Crippen molar-refractivity contribution in [3.8, 4) is 5.75 Å². The molecule has 1 heterocycles. The van der Waals surface area contributed by atoms with E-state index >= 15 is 0 Å². The number of aryl methyl sites for hydroxylation is 1. The summed E-state index contributed by atoms with van der Waals surface area (Å²) in [6, 6.07) is 8.57. The van der Waals surface area contributed by atoms with Gasteiger partial charge in [-0.25, -0.2) is 4.98 Å². The molecule has 0 aliphatic carbocycles. The Morgan fingerprint density at radius 1 is 1.30 bits per heavy atom. The van der Waals surface area contributed by atoms with Crippen LogP contribution in [0.3, 0.4) is 0 Å². The van der Waals surface area contributed by atoms with Crippen molar-refractivity contribution in [1.82, 2.24) is 10.3 Å². The standard InChI is InChI=1S/C16H22N2OS/c1-11(2)19-15-7-5-6-14(8-15)12(3)17-9-16-10-18-13(4)20-16/h5-8,10-12,17H,9H2,1-4H3. The molecule has 0 saturated heterocycles. The Kier molecular flexibility index (Phi) is 5.15. The average Bonchev–Trinajstić information content (AvgIpc) is 2.81. The van der Waals surface area contributed by atoms with Gasteiger partial charge in [0.2, 0.25) is 0 Å². The first kappa shape index (κ1) is 15.0. The van der Waals surface area contributed by atoms with Gasteiger partial charge in [0.1, 0.15) is 5.75 Å². The van der Waals surface area contributed by atoms with Gasteiger partial charge >= 0.3 is 0 Å². The zero-order valence-electron chi connectivity index (χ0n) is 12.5. The van der Waals surface area contributed by atoms with Gasteiger partial charge in [-0.1, -0.05) is 12.1 Å². The summed E-state index contributed by atoms with van der Waals surface area (Å²) in [5.74, 6) is 0.930. The van der Waals surface area contributed by atoms with Crippen LogP contribution in [0.15, 0.2) is 30.5 Å². The summed E-state index contributed by atoms with van der Waals surface area (Å²) in [5.41, 5.74) is 1.24. The van der Waals surface area contributed by atoms with Crippen LogP contribution in [0.2, 0.25) is 0 Å². The number of thiazole rings is 1. The monoisotopic (exact) mass is 290 g/mol. The van der Waals surface area contributed by atoms with Crippen molar-refractivity contribution in [2.45, 2.75) is 46.4 Å². The first-order valence-corrected chi connectivity index (χ1v) is 7.77. The molecule has 20 heavy (non-hydrogen) atoms. The lowest BCUT2D eigenvalue weighted by Crippen LogP contribution is -2.17. The number of ether oxygens (including phenoxy) is 1. The lowest BCUT2D eigenvalue weighted by atomic mass is 10.1. The van der Waals surface area contributed by atoms with E-state index in [-0.39, 0.29) is 12.1 Å². The van der Waals surface area contributed by atoms with E-state index in [0.717, 1.165) is 17.3 Å². The number of nitrogens with zero attached hydrogens (tertiary/aromatic N) is 1. The molecule has 0 fully saturated rings. The van der Waals surface area contributed by atoms with Crippen LogP contribution in [0, 0.1) is 6.92 Å². The quantitative estimate of drug-likeness (QED) is 0.870. The van der Waals surface area contributed by atoms with Crippen LogP contribution in [0.1, 0.15) is 42.3 Å². The van der Waals surface area contributed by atoms with Crippen LogP contribution in [-0.2, 0) is 6.54 Å². The fourth-order valence-electron chi connectivity index (χ4n) is 1.99. The molecule has 0 aliphatic rings. The normalized spacial score (nSPS) is 12.7. The van der Waals surface area contributed by atoms with Gasteiger partial charge in [0.15, 0.2) is 0 Å². The SMILES string of the molecule is Cc1ncc(CNC(C)c2cccc(OC(C)C)c2)s1. The maximum Gasteiger partial charge on any atom is 0.120 e. The Bertz CT molecular complexity index is 551. The van der Waals surface area contributed by atoms with Crippen LogP contribution < -0.4 is 10.1 Å². The number of rotatable bonds is 6. The third-order valence-electron chi connectivity index (χ3n) is 2.98. The van der Waals surface area contributed by atoms with Crippen LogP contribution in [0.5, 0.6) is 5.75 Å². The minimum absolute atomic E-state index is 0.202. The third kappa shape index (κ3) is 4.32. The van der Waals surface area contributed by atoms with E-state index < -0.39 is 0 Å². The fraction of sp³-hybridized carbons (Fsp3) is 0.438. The molecule has 1 N–H and O–H groups in total. The summed E-state index contributed by atoms with van der Waals surface area (Å²) in [7, 11) is 0. The van der Waals surface area contributed by atoms with E-state index in [1.165, 1.54) is 10.4 Å². The molecule has 0 radical (unpaired) electrons. The van der Waals surface area contributed by atoms with Crippen LogP contribution in [0.25, 0.3) is 0 Å². The summed E-state index contributed by atoms with van der Waals surface area (Å²) in [6.07, 6.45) is 2.14.